The number of carboxylic acids is 1. The fourth-order valence-corrected chi connectivity index (χ4v) is 1.93. The van der Waals surface area contributed by atoms with Crippen LogP contribution in [0, 0.1) is 0 Å². The fourth-order valence-electron chi connectivity index (χ4n) is 0.929. The molecule has 1 aromatic heterocycles. The highest BCUT2D eigenvalue weighted by Gasteiger charge is 2.44. The number of alkyl halides is 2. The maximum Gasteiger partial charge on any atom is 0.393 e. The average Bonchev–Trinajstić information content (AvgIpc) is 2.51. The van der Waals surface area contributed by atoms with Crippen LogP contribution in [-0.4, -0.2) is 35.1 Å². The van der Waals surface area contributed by atoms with Gasteiger partial charge in [0, 0.05) is 17.6 Å². The molecule has 4 nitrogen and oxygen atoms in total. The lowest BCUT2D eigenvalue weighted by atomic mass is 10.4. The molecule has 0 unspecified atom stereocenters. The molecule has 1 aromatic rings. The van der Waals surface area contributed by atoms with E-state index >= 15 is 0 Å². The Kier molecular flexibility index (Phi) is 3.35. The number of carbonyl (C=O) groups is 1. The number of hydrogen-bond donors (Lipinski definition) is 1. The highest BCUT2D eigenvalue weighted by molar-refractivity contribution is 7.11. The lowest BCUT2D eigenvalue weighted by Gasteiger charge is -2.07. The first kappa shape index (κ1) is 12.0. The van der Waals surface area contributed by atoms with Crippen LogP contribution in [-0.2, 0) is 17.3 Å². The number of nitrogens with zero attached hydrogens (tertiary/aromatic N) is 2. The SMILES string of the molecule is CN(C)Cc1cnc(C(F)(F)C(=O)O)s1. The second-order valence-electron chi connectivity index (χ2n) is 3.25. The van der Waals surface area contributed by atoms with Gasteiger partial charge in [0.2, 0.25) is 0 Å². The van der Waals surface area contributed by atoms with Crippen molar-refractivity contribution in [1.29, 1.82) is 0 Å². The molecule has 0 aliphatic heterocycles. The number of hydrogen-bond acceptors (Lipinski definition) is 4. The molecule has 84 valence electrons. The van der Waals surface area contributed by atoms with Crippen molar-refractivity contribution < 1.29 is 18.7 Å². The summed E-state index contributed by atoms with van der Waals surface area (Å²) in [6.45, 7) is 0.466. The van der Waals surface area contributed by atoms with Gasteiger partial charge in [-0.3, -0.25) is 0 Å². The van der Waals surface area contributed by atoms with Gasteiger partial charge in [-0.25, -0.2) is 9.78 Å². The van der Waals surface area contributed by atoms with Crippen LogP contribution in [0.3, 0.4) is 0 Å². The minimum atomic E-state index is -3.89. The molecule has 0 fully saturated rings. The van der Waals surface area contributed by atoms with Gasteiger partial charge >= 0.3 is 11.9 Å². The van der Waals surface area contributed by atoms with Crippen LogP contribution in [0.2, 0.25) is 0 Å². The number of thiazole rings is 1. The predicted octanol–water partition coefficient (Wildman–Crippen LogP) is 1.38. The first-order valence-electron chi connectivity index (χ1n) is 4.05. The summed E-state index contributed by atoms with van der Waals surface area (Å²) < 4.78 is 25.9. The summed E-state index contributed by atoms with van der Waals surface area (Å²) in [5.74, 6) is -6.07. The van der Waals surface area contributed by atoms with E-state index in [-0.39, 0.29) is 0 Å². The molecule has 0 aromatic carbocycles. The van der Waals surface area contributed by atoms with E-state index in [4.69, 9.17) is 5.11 Å². The molecule has 0 amide bonds. The number of carboxylic acid groups (broad SMARTS) is 1. The van der Waals surface area contributed by atoms with Crippen molar-refractivity contribution in [1.82, 2.24) is 9.88 Å². The lowest BCUT2D eigenvalue weighted by Crippen LogP contribution is -2.24. The van der Waals surface area contributed by atoms with Crippen molar-refractivity contribution in [3.8, 4) is 0 Å². The smallest absolute Gasteiger partial charge is 0.393 e. The summed E-state index contributed by atoms with van der Waals surface area (Å²) >= 11 is 0.713. The minimum Gasteiger partial charge on any atom is -0.476 e. The summed E-state index contributed by atoms with van der Waals surface area (Å²) in [6.07, 6.45) is 1.27. The van der Waals surface area contributed by atoms with Gasteiger partial charge in [0.15, 0.2) is 5.01 Å². The number of aromatic nitrogens is 1. The maximum atomic E-state index is 13.0. The van der Waals surface area contributed by atoms with Crippen LogP contribution in [0.5, 0.6) is 0 Å². The Morgan fingerprint density at radius 1 is 1.67 bits per heavy atom. The van der Waals surface area contributed by atoms with Gasteiger partial charge in [-0.05, 0) is 14.1 Å². The quantitative estimate of drug-likeness (QED) is 0.858. The molecular formula is C8H10F2N2O2S. The van der Waals surface area contributed by atoms with E-state index < -0.39 is 16.9 Å². The van der Waals surface area contributed by atoms with Crippen molar-refractivity contribution in [3.63, 3.8) is 0 Å². The van der Waals surface area contributed by atoms with E-state index in [1.807, 2.05) is 0 Å². The van der Waals surface area contributed by atoms with E-state index in [9.17, 15) is 13.6 Å². The molecule has 7 heteroatoms. The molecular weight excluding hydrogens is 226 g/mol. The van der Waals surface area contributed by atoms with Gasteiger partial charge in [0.05, 0.1) is 0 Å². The van der Waals surface area contributed by atoms with Crippen LogP contribution >= 0.6 is 11.3 Å². The molecule has 0 aliphatic rings. The summed E-state index contributed by atoms with van der Waals surface area (Å²) in [5.41, 5.74) is 0. The maximum absolute atomic E-state index is 13.0. The molecule has 1 rings (SSSR count). The number of aliphatic carboxylic acids is 1. The highest BCUT2D eigenvalue weighted by atomic mass is 32.1. The average molecular weight is 236 g/mol. The molecule has 0 spiro atoms. The third kappa shape index (κ3) is 2.69. The zero-order valence-corrected chi connectivity index (χ0v) is 9.02. The Bertz CT molecular complexity index is 365. The van der Waals surface area contributed by atoms with Gasteiger partial charge in [-0.1, -0.05) is 0 Å². The molecule has 0 saturated heterocycles. The monoisotopic (exact) mass is 236 g/mol. The standard InChI is InChI=1S/C8H10F2N2O2S/c1-12(2)4-5-3-11-6(15-5)8(9,10)7(13)14/h3H,4H2,1-2H3,(H,13,14). The molecule has 1 heterocycles. The molecule has 0 atom stereocenters. The van der Waals surface area contributed by atoms with E-state index in [0.29, 0.717) is 22.8 Å². The first-order valence-corrected chi connectivity index (χ1v) is 4.87. The lowest BCUT2D eigenvalue weighted by molar-refractivity contribution is -0.166. The van der Waals surface area contributed by atoms with Crippen molar-refractivity contribution in [2.24, 2.45) is 0 Å². The normalized spacial score (nSPS) is 12.1. The van der Waals surface area contributed by atoms with E-state index in [0.717, 1.165) is 0 Å². The molecule has 15 heavy (non-hydrogen) atoms. The van der Waals surface area contributed by atoms with Crippen molar-refractivity contribution in [2.75, 3.05) is 14.1 Å². The number of rotatable bonds is 4. The second-order valence-corrected chi connectivity index (χ2v) is 4.36. The molecule has 1 N–H and O–H groups in total. The Hall–Kier alpha value is -1.08. The Morgan fingerprint density at radius 2 is 2.27 bits per heavy atom. The second kappa shape index (κ2) is 4.19. The summed E-state index contributed by atoms with van der Waals surface area (Å²) in [6, 6.07) is 0. The topological polar surface area (TPSA) is 53.4 Å². The third-order valence-electron chi connectivity index (χ3n) is 1.56. The van der Waals surface area contributed by atoms with Gasteiger partial charge in [-0.15, -0.1) is 11.3 Å². The van der Waals surface area contributed by atoms with Crippen molar-refractivity contribution in [2.45, 2.75) is 12.5 Å². The Labute approximate surface area is 89.2 Å². The minimum absolute atomic E-state index is 0.466. The molecule has 0 radical (unpaired) electrons. The molecule has 0 aliphatic carbocycles. The molecule has 0 bridgehead atoms. The van der Waals surface area contributed by atoms with Crippen LogP contribution in [0.15, 0.2) is 6.20 Å². The van der Waals surface area contributed by atoms with E-state index in [2.05, 4.69) is 4.98 Å². The highest BCUT2D eigenvalue weighted by Crippen LogP contribution is 2.31. The summed E-state index contributed by atoms with van der Waals surface area (Å²) in [4.78, 5) is 16.1. The zero-order chi connectivity index (χ0) is 11.6. The fraction of sp³-hybridized carbons (Fsp3) is 0.500. The van der Waals surface area contributed by atoms with E-state index in [1.165, 1.54) is 6.20 Å². The van der Waals surface area contributed by atoms with Gasteiger partial charge in [0.25, 0.3) is 0 Å². The van der Waals surface area contributed by atoms with E-state index in [1.54, 1.807) is 19.0 Å². The van der Waals surface area contributed by atoms with Crippen molar-refractivity contribution in [3.05, 3.63) is 16.1 Å². The van der Waals surface area contributed by atoms with Crippen LogP contribution in [0.1, 0.15) is 9.88 Å². The summed E-state index contributed by atoms with van der Waals surface area (Å²) in [5, 5.41) is 7.62. The van der Waals surface area contributed by atoms with Crippen LogP contribution in [0.25, 0.3) is 0 Å². The summed E-state index contributed by atoms with van der Waals surface area (Å²) in [7, 11) is 3.57. The predicted molar refractivity (Wildman–Crippen MR) is 51.0 cm³/mol. The van der Waals surface area contributed by atoms with Gasteiger partial charge in [0.1, 0.15) is 0 Å². The number of halogens is 2. The van der Waals surface area contributed by atoms with Gasteiger partial charge < -0.3 is 10.0 Å². The molecule has 0 saturated carbocycles. The largest absolute Gasteiger partial charge is 0.476 e. The first-order chi connectivity index (χ1) is 6.84. The zero-order valence-electron chi connectivity index (χ0n) is 8.20. The van der Waals surface area contributed by atoms with Crippen LogP contribution < -0.4 is 0 Å². The Morgan fingerprint density at radius 3 is 2.73 bits per heavy atom. The van der Waals surface area contributed by atoms with Gasteiger partial charge in [-0.2, -0.15) is 8.78 Å². The Balaban J connectivity index is 2.89. The van der Waals surface area contributed by atoms with Crippen molar-refractivity contribution >= 4 is 17.3 Å². The third-order valence-corrected chi connectivity index (χ3v) is 2.61. The van der Waals surface area contributed by atoms with Crippen LogP contribution in [0.4, 0.5) is 8.78 Å².